The number of aliphatic hydroxyl groups is 4. The van der Waals surface area contributed by atoms with E-state index in [2.05, 4.69) is 52.2 Å². The molecule has 0 aliphatic carbocycles. The first-order valence-electron chi connectivity index (χ1n) is 50.6. The van der Waals surface area contributed by atoms with Gasteiger partial charge in [0.2, 0.25) is 11.8 Å². The first-order valence-corrected chi connectivity index (χ1v) is 52.2. The normalized spacial score (nSPS) is 20.4. The molecule has 0 radical (unpaired) electrons. The molecule has 22 nitrogen and oxygen atoms in total. The largest absolute Gasteiger partial charge is 0.470 e. The molecule has 121 heavy (non-hydrogen) atoms. The minimum absolute atomic E-state index is 0.0364. The van der Waals surface area contributed by atoms with Gasteiger partial charge in [-0.3, -0.25) is 33.3 Å². The van der Waals surface area contributed by atoms with E-state index in [0.717, 1.165) is 186 Å². The highest BCUT2D eigenvalue weighted by atomic mass is 31.2. The number of esters is 3. The number of unbranched alkanes of at least 4 members (excludes halogenated alkanes) is 52. The van der Waals surface area contributed by atoms with E-state index in [9.17, 15) is 54.0 Å². The fraction of sp³-hybridized carbons (Fsp3) is 0.939. The fourth-order valence-corrected chi connectivity index (χ4v) is 18.0. The van der Waals surface area contributed by atoms with Crippen LogP contribution in [-0.4, -0.2) is 158 Å². The van der Waals surface area contributed by atoms with Crippen molar-refractivity contribution in [1.29, 1.82) is 0 Å². The first-order chi connectivity index (χ1) is 58.6. The molecule has 4 unspecified atom stereocenters. The van der Waals surface area contributed by atoms with Crippen molar-refractivity contribution < 1.29 is 96.5 Å². The molecule has 0 aromatic carbocycles. The smallest absolute Gasteiger partial charge is 0.462 e. The van der Waals surface area contributed by atoms with Gasteiger partial charge in [-0.15, -0.1) is 0 Å². The zero-order chi connectivity index (χ0) is 88.6. The molecule has 0 saturated carbocycles. The highest BCUT2D eigenvalue weighted by Gasteiger charge is 2.54. The van der Waals surface area contributed by atoms with Crippen molar-refractivity contribution in [3.05, 3.63) is 0 Å². The fourth-order valence-electron chi connectivity index (χ4n) is 17.4. The molecule has 2 fully saturated rings. The topological polar surface area (TPSA) is 330 Å². The molecule has 2 rings (SSSR count). The minimum Gasteiger partial charge on any atom is -0.462 e. The van der Waals surface area contributed by atoms with Gasteiger partial charge in [0.15, 0.2) is 18.5 Å². The quantitative estimate of drug-likeness (QED) is 0.0121. The third kappa shape index (κ3) is 61.1. The number of amides is 2. The lowest BCUT2D eigenvalue weighted by atomic mass is 9.90. The summed E-state index contributed by atoms with van der Waals surface area (Å²) in [7, 11) is -5.57. The van der Waals surface area contributed by atoms with Crippen LogP contribution in [0, 0.1) is 5.92 Å². The predicted molar refractivity (Wildman–Crippen MR) is 486 cm³/mol. The Kier molecular flexibility index (Phi) is 72.4. The lowest BCUT2D eigenvalue weighted by Gasteiger charge is -2.47. The van der Waals surface area contributed by atoms with Gasteiger partial charge >= 0.3 is 25.7 Å². The molecule has 14 atom stereocenters. The second kappa shape index (κ2) is 76.9. The highest BCUT2D eigenvalue weighted by molar-refractivity contribution is 7.46. The van der Waals surface area contributed by atoms with Gasteiger partial charge in [0.1, 0.15) is 42.3 Å². The Morgan fingerprint density at radius 3 is 1.13 bits per heavy atom. The first kappa shape index (κ1) is 114. The predicted octanol–water partition coefficient (Wildman–Crippen LogP) is 23.0. The second-order valence-electron chi connectivity index (χ2n) is 36.5. The van der Waals surface area contributed by atoms with Crippen LogP contribution < -0.4 is 10.6 Å². The van der Waals surface area contributed by atoms with E-state index in [4.69, 9.17) is 32.9 Å². The van der Waals surface area contributed by atoms with Gasteiger partial charge in [-0.05, 0) is 57.8 Å². The van der Waals surface area contributed by atoms with Crippen LogP contribution in [-0.2, 0) is 66.3 Å². The van der Waals surface area contributed by atoms with Crippen LogP contribution in [0.15, 0.2) is 0 Å². The molecular weight excluding hydrogens is 1560 g/mol. The van der Waals surface area contributed by atoms with Gasteiger partial charge in [0.25, 0.3) is 0 Å². The van der Waals surface area contributed by atoms with Crippen molar-refractivity contribution in [2.45, 2.75) is 571 Å². The van der Waals surface area contributed by atoms with Crippen molar-refractivity contribution in [2.75, 3.05) is 13.2 Å². The summed E-state index contributed by atoms with van der Waals surface area (Å²) in [6.07, 6.45) is 47.2. The van der Waals surface area contributed by atoms with Crippen molar-refractivity contribution in [2.24, 2.45) is 5.92 Å². The molecule has 2 heterocycles. The van der Waals surface area contributed by atoms with E-state index < -0.39 is 149 Å². The second-order valence-corrected chi connectivity index (χ2v) is 37.7. The average Bonchev–Trinajstić information content (AvgIpc) is 0.777. The third-order valence-corrected chi connectivity index (χ3v) is 25.4. The molecule has 2 amide bonds. The lowest BCUT2D eigenvalue weighted by molar-refractivity contribution is -0.285. The number of hydrogen-bond acceptors (Lipinski definition) is 18. The van der Waals surface area contributed by atoms with Gasteiger partial charge in [-0.25, -0.2) is 4.57 Å². The van der Waals surface area contributed by atoms with Crippen LogP contribution in [0.4, 0.5) is 0 Å². The molecule has 0 aromatic rings. The molecule has 8 N–H and O–H groups in total. The maximum absolute atomic E-state index is 15.2. The van der Waals surface area contributed by atoms with Crippen molar-refractivity contribution in [3.8, 4) is 0 Å². The Morgan fingerprint density at radius 1 is 0.372 bits per heavy atom. The van der Waals surface area contributed by atoms with Crippen molar-refractivity contribution >= 4 is 43.3 Å². The maximum Gasteiger partial charge on any atom is 0.470 e. The molecule has 23 heteroatoms. The number of carbonyl (C=O) groups excluding carboxylic acids is 6. The van der Waals surface area contributed by atoms with Gasteiger partial charge in [0, 0.05) is 25.7 Å². The Bertz CT molecular complexity index is 2550. The number of ketones is 1. The number of phosphoric ester groups is 1. The summed E-state index contributed by atoms with van der Waals surface area (Å²) < 4.78 is 56.8. The summed E-state index contributed by atoms with van der Waals surface area (Å²) in [5.74, 6) is -3.93. The van der Waals surface area contributed by atoms with Crippen LogP contribution in [0.5, 0.6) is 0 Å². The summed E-state index contributed by atoms with van der Waals surface area (Å²) in [5, 5.41) is 52.0. The molecule has 712 valence electrons. The van der Waals surface area contributed by atoms with Crippen LogP contribution >= 0.6 is 7.82 Å². The van der Waals surface area contributed by atoms with Crippen molar-refractivity contribution in [1.82, 2.24) is 10.6 Å². The van der Waals surface area contributed by atoms with E-state index >= 15 is 9.59 Å². The Morgan fingerprint density at radius 2 is 0.719 bits per heavy atom. The van der Waals surface area contributed by atoms with Gasteiger partial charge < -0.3 is 69.3 Å². The number of Topliss-reactive ketones (excluding diaryl/α,β-unsaturated/α-hetero) is 1. The number of phosphoric acid groups is 1. The minimum atomic E-state index is -5.57. The summed E-state index contributed by atoms with van der Waals surface area (Å²) in [6, 6.07) is -2.89. The summed E-state index contributed by atoms with van der Waals surface area (Å²) in [6.45, 7) is 13.2. The molecule has 2 aliphatic rings. The van der Waals surface area contributed by atoms with Crippen LogP contribution in [0.1, 0.15) is 492 Å². The molecule has 2 aliphatic heterocycles. The number of carbonyl (C=O) groups is 6. The van der Waals surface area contributed by atoms with Crippen LogP contribution in [0.3, 0.4) is 0 Å². The van der Waals surface area contributed by atoms with E-state index in [1.807, 2.05) is 0 Å². The summed E-state index contributed by atoms with van der Waals surface area (Å²) in [4.78, 5) is 108. The third-order valence-electron chi connectivity index (χ3n) is 24.8. The maximum atomic E-state index is 15.2. The number of nitrogens with one attached hydrogen (secondary N) is 2. The zero-order valence-electron chi connectivity index (χ0n) is 78.1. The lowest BCUT2D eigenvalue weighted by Crippen LogP contribution is -2.67. The average molecular weight is 1740 g/mol. The van der Waals surface area contributed by atoms with Crippen LogP contribution in [0.2, 0.25) is 0 Å². The Hall–Kier alpha value is -3.15. The number of rotatable bonds is 85. The molecule has 0 bridgehead atoms. The van der Waals surface area contributed by atoms with E-state index in [-0.39, 0.29) is 31.5 Å². The SMILES string of the molecule is CCCCCCCCCCCCCC(=O)C[C@H](CCCCCCCCCCC)CC(=O)NC1[C@H](OCC2O[C@H](C)C(NC(=O)C[C@H](O)CCCCCCCCCCC)[C@@H](OC(=O)C[C@H](O)CCCCCCCCCCC)[C@@H]2O)OC(CO)[C@@H](OP(=O)(O)O)[C@@H]1OC(=O)C[C@@H](CCCCCCCCCCC)OC(=O)CCCCCCCCCCCCC. The standard InChI is InChI=1S/C98H185N2O20P/c1-8-14-20-26-32-38-40-46-51-55-61-67-81(102)72-80(66-60-54-48-42-34-28-22-16-10-3)73-87(105)100-93-97(119-91(109)76-84(70-64-58-52-45-37-31-25-19-13-6)116-89(107)71-65-59-53-47-41-39-33-27-21-15-9-2)95(120-121(111,112)113)85(77-101)117-98(93)114-78-86-94(110)96(118-90(108)75-83(104)69-63-57-50-44-36-30-24-18-12-5)92(79(7)115-86)99-88(106)74-82(103)68-62-56-49-43-35-29-23-17-11-4/h79-80,82-86,92-98,101,103-104,110H,8-78H2,1-7H3,(H,99,106)(H,100,105)(H2,111,112,113)/t79-,80+,82-,83-,84-,85?,86?,92?,93?,94-,95-,96-,97-,98-/m1/s1. The Labute approximate surface area is 736 Å². The number of ether oxygens (including phenoxy) is 6. The zero-order valence-corrected chi connectivity index (χ0v) is 79.0. The molecule has 0 aromatic heterocycles. The highest BCUT2D eigenvalue weighted by Crippen LogP contribution is 2.43. The number of aliphatic hydroxyl groups excluding tert-OH is 4. The van der Waals surface area contributed by atoms with E-state index in [1.165, 1.54) is 167 Å². The summed E-state index contributed by atoms with van der Waals surface area (Å²) >= 11 is 0. The molecule has 0 spiro atoms. The number of hydrogen-bond donors (Lipinski definition) is 8. The molecular formula is C98H185N2O20P. The van der Waals surface area contributed by atoms with Gasteiger partial charge in [0.05, 0.1) is 56.8 Å². The monoisotopic (exact) mass is 1740 g/mol. The van der Waals surface area contributed by atoms with E-state index in [0.29, 0.717) is 51.4 Å². The van der Waals surface area contributed by atoms with E-state index in [1.54, 1.807) is 6.92 Å². The van der Waals surface area contributed by atoms with Gasteiger partial charge in [-0.2, -0.15) is 0 Å². The summed E-state index contributed by atoms with van der Waals surface area (Å²) in [5.41, 5.74) is 0. The van der Waals surface area contributed by atoms with Crippen molar-refractivity contribution in [3.63, 3.8) is 0 Å². The van der Waals surface area contributed by atoms with Gasteiger partial charge in [-0.1, -0.05) is 395 Å². The Balaban J connectivity index is 2.73. The molecule has 2 saturated heterocycles. The van der Waals surface area contributed by atoms with Crippen LogP contribution in [0.25, 0.3) is 0 Å².